The molecule has 5 heteroatoms. The number of hydrogen-bond donors (Lipinski definition) is 1. The number of nitrogens with zero attached hydrogens (tertiary/aromatic N) is 3. The van der Waals surface area contributed by atoms with Gasteiger partial charge in [0.25, 0.3) is 0 Å². The summed E-state index contributed by atoms with van der Waals surface area (Å²) in [6.45, 7) is 0. The van der Waals surface area contributed by atoms with Crippen LogP contribution in [0, 0.1) is 0 Å². The molecule has 0 amide bonds. The Morgan fingerprint density at radius 1 is 1.47 bits per heavy atom. The van der Waals surface area contributed by atoms with Crippen molar-refractivity contribution in [3.05, 3.63) is 41.5 Å². The molecule has 0 aliphatic carbocycles. The van der Waals surface area contributed by atoms with Crippen molar-refractivity contribution in [3.8, 4) is 5.75 Å². The second kappa shape index (κ2) is 5.01. The minimum atomic E-state index is -0.0182. The SMILES string of the molecule is COc1cccc(Cc2nc3n(n2)C(N)CCC3)c1. The van der Waals surface area contributed by atoms with E-state index in [1.807, 2.05) is 22.9 Å². The van der Waals surface area contributed by atoms with E-state index in [9.17, 15) is 0 Å². The number of aryl methyl sites for hydroxylation is 1. The molecule has 0 fully saturated rings. The Morgan fingerprint density at radius 2 is 2.37 bits per heavy atom. The summed E-state index contributed by atoms with van der Waals surface area (Å²) < 4.78 is 7.10. The lowest BCUT2D eigenvalue weighted by Crippen LogP contribution is -2.25. The number of benzene rings is 1. The van der Waals surface area contributed by atoms with Gasteiger partial charge in [-0.2, -0.15) is 5.10 Å². The van der Waals surface area contributed by atoms with Crippen LogP contribution in [0.3, 0.4) is 0 Å². The first-order chi connectivity index (χ1) is 9.26. The van der Waals surface area contributed by atoms with Crippen LogP contribution in [0.4, 0.5) is 0 Å². The van der Waals surface area contributed by atoms with Gasteiger partial charge in [-0.05, 0) is 30.5 Å². The topological polar surface area (TPSA) is 66.0 Å². The molecule has 0 saturated carbocycles. The van der Waals surface area contributed by atoms with Gasteiger partial charge >= 0.3 is 0 Å². The zero-order chi connectivity index (χ0) is 13.2. The molecule has 19 heavy (non-hydrogen) atoms. The molecule has 1 unspecified atom stereocenters. The van der Waals surface area contributed by atoms with Crippen LogP contribution in [0.2, 0.25) is 0 Å². The van der Waals surface area contributed by atoms with E-state index in [4.69, 9.17) is 10.5 Å². The van der Waals surface area contributed by atoms with Gasteiger partial charge < -0.3 is 10.5 Å². The van der Waals surface area contributed by atoms with Crippen molar-refractivity contribution in [2.45, 2.75) is 31.8 Å². The summed E-state index contributed by atoms with van der Waals surface area (Å²) in [6, 6.07) is 7.99. The largest absolute Gasteiger partial charge is 0.497 e. The molecule has 1 aromatic heterocycles. The van der Waals surface area contributed by atoms with Crippen molar-refractivity contribution in [1.29, 1.82) is 0 Å². The fourth-order valence-corrected chi connectivity index (χ4v) is 2.47. The summed E-state index contributed by atoms with van der Waals surface area (Å²) in [4.78, 5) is 4.58. The van der Waals surface area contributed by atoms with E-state index < -0.39 is 0 Å². The maximum atomic E-state index is 6.04. The van der Waals surface area contributed by atoms with Crippen molar-refractivity contribution in [2.24, 2.45) is 5.73 Å². The van der Waals surface area contributed by atoms with Crippen LogP contribution in [0.25, 0.3) is 0 Å². The molecule has 1 aliphatic rings. The zero-order valence-electron chi connectivity index (χ0n) is 11.0. The van der Waals surface area contributed by atoms with Gasteiger partial charge in [-0.3, -0.25) is 0 Å². The van der Waals surface area contributed by atoms with Gasteiger partial charge in [0.1, 0.15) is 17.7 Å². The quantitative estimate of drug-likeness (QED) is 0.909. The van der Waals surface area contributed by atoms with Gasteiger partial charge in [-0.15, -0.1) is 0 Å². The van der Waals surface area contributed by atoms with E-state index in [2.05, 4.69) is 16.1 Å². The molecule has 0 spiro atoms. The Labute approximate surface area is 112 Å². The summed E-state index contributed by atoms with van der Waals surface area (Å²) >= 11 is 0. The van der Waals surface area contributed by atoms with Crippen LogP contribution >= 0.6 is 0 Å². The van der Waals surface area contributed by atoms with E-state index in [-0.39, 0.29) is 6.17 Å². The van der Waals surface area contributed by atoms with E-state index in [0.29, 0.717) is 6.42 Å². The molecular formula is C14H18N4O. The highest BCUT2D eigenvalue weighted by molar-refractivity contribution is 5.30. The Hall–Kier alpha value is -1.88. The first-order valence-electron chi connectivity index (χ1n) is 6.59. The maximum Gasteiger partial charge on any atom is 0.155 e. The lowest BCUT2D eigenvalue weighted by atomic mass is 10.1. The number of fused-ring (bicyclic) bond motifs is 1. The second-order valence-corrected chi connectivity index (χ2v) is 4.88. The molecule has 5 nitrogen and oxygen atoms in total. The normalized spacial score (nSPS) is 18.1. The molecule has 1 atom stereocenters. The monoisotopic (exact) mass is 258 g/mol. The van der Waals surface area contributed by atoms with Crippen LogP contribution in [0.1, 0.15) is 36.2 Å². The summed E-state index contributed by atoms with van der Waals surface area (Å²) in [5.74, 6) is 2.70. The molecule has 3 rings (SSSR count). The van der Waals surface area contributed by atoms with Gasteiger partial charge in [0.2, 0.25) is 0 Å². The minimum absolute atomic E-state index is 0.0182. The highest BCUT2D eigenvalue weighted by Crippen LogP contribution is 2.20. The van der Waals surface area contributed by atoms with Gasteiger partial charge in [0.05, 0.1) is 7.11 Å². The van der Waals surface area contributed by atoms with Crippen LogP contribution < -0.4 is 10.5 Å². The highest BCUT2D eigenvalue weighted by atomic mass is 16.5. The Bertz CT molecular complexity index is 579. The summed E-state index contributed by atoms with van der Waals surface area (Å²) in [5.41, 5.74) is 7.19. The molecule has 2 aromatic rings. The third-order valence-corrected chi connectivity index (χ3v) is 3.46. The van der Waals surface area contributed by atoms with Gasteiger partial charge in [0, 0.05) is 12.8 Å². The molecule has 1 aliphatic heterocycles. The predicted molar refractivity (Wildman–Crippen MR) is 72.0 cm³/mol. The number of rotatable bonds is 3. The maximum absolute atomic E-state index is 6.04. The lowest BCUT2D eigenvalue weighted by Gasteiger charge is -2.18. The fraction of sp³-hybridized carbons (Fsp3) is 0.429. The lowest BCUT2D eigenvalue weighted by molar-refractivity contribution is 0.371. The summed E-state index contributed by atoms with van der Waals surface area (Å²) in [7, 11) is 1.67. The highest BCUT2D eigenvalue weighted by Gasteiger charge is 2.19. The molecule has 2 N–H and O–H groups in total. The molecule has 2 heterocycles. The summed E-state index contributed by atoms with van der Waals surface area (Å²) in [5, 5.41) is 4.52. The molecule has 1 aromatic carbocycles. The first kappa shape index (κ1) is 12.2. The van der Waals surface area contributed by atoms with E-state index in [1.54, 1.807) is 7.11 Å². The van der Waals surface area contributed by atoms with Crippen molar-refractivity contribution in [1.82, 2.24) is 14.8 Å². The third kappa shape index (κ3) is 2.46. The third-order valence-electron chi connectivity index (χ3n) is 3.46. The molecular weight excluding hydrogens is 240 g/mol. The van der Waals surface area contributed by atoms with Crippen molar-refractivity contribution in [2.75, 3.05) is 7.11 Å². The standard InChI is InChI=1S/C14H18N4O/c1-19-11-5-2-4-10(8-11)9-13-16-14-7-3-6-12(15)18(14)17-13/h2,4-5,8,12H,3,6-7,9,15H2,1H3. The Morgan fingerprint density at radius 3 is 3.16 bits per heavy atom. The molecule has 0 saturated heterocycles. The minimum Gasteiger partial charge on any atom is -0.497 e. The smallest absolute Gasteiger partial charge is 0.155 e. The molecule has 0 radical (unpaired) electrons. The van der Waals surface area contributed by atoms with Gasteiger partial charge in [0.15, 0.2) is 5.82 Å². The molecule has 100 valence electrons. The second-order valence-electron chi connectivity index (χ2n) is 4.88. The van der Waals surface area contributed by atoms with Crippen LogP contribution in [-0.4, -0.2) is 21.9 Å². The van der Waals surface area contributed by atoms with Crippen molar-refractivity contribution < 1.29 is 4.74 Å². The van der Waals surface area contributed by atoms with E-state index in [1.165, 1.54) is 0 Å². The fourth-order valence-electron chi connectivity index (χ4n) is 2.47. The van der Waals surface area contributed by atoms with E-state index >= 15 is 0 Å². The number of hydrogen-bond acceptors (Lipinski definition) is 4. The average molecular weight is 258 g/mol. The van der Waals surface area contributed by atoms with Crippen LogP contribution in [0.15, 0.2) is 24.3 Å². The van der Waals surface area contributed by atoms with E-state index in [0.717, 1.165) is 42.2 Å². The Balaban J connectivity index is 1.83. The van der Waals surface area contributed by atoms with Gasteiger partial charge in [-0.25, -0.2) is 9.67 Å². The summed E-state index contributed by atoms with van der Waals surface area (Å²) in [6.07, 6.45) is 3.74. The van der Waals surface area contributed by atoms with Crippen LogP contribution in [-0.2, 0) is 12.8 Å². The number of methoxy groups -OCH3 is 1. The first-order valence-corrected chi connectivity index (χ1v) is 6.59. The number of nitrogens with two attached hydrogens (primary N) is 1. The van der Waals surface area contributed by atoms with Crippen molar-refractivity contribution in [3.63, 3.8) is 0 Å². The average Bonchev–Trinajstić information content (AvgIpc) is 2.83. The van der Waals surface area contributed by atoms with Crippen LogP contribution in [0.5, 0.6) is 5.75 Å². The van der Waals surface area contributed by atoms with Crippen molar-refractivity contribution >= 4 is 0 Å². The predicted octanol–water partition coefficient (Wildman–Crippen LogP) is 1.67. The molecule has 0 bridgehead atoms. The zero-order valence-corrected chi connectivity index (χ0v) is 11.0. The number of ether oxygens (including phenoxy) is 1. The number of aromatic nitrogens is 3. The Kier molecular flexibility index (Phi) is 3.21. The van der Waals surface area contributed by atoms with Gasteiger partial charge in [-0.1, -0.05) is 12.1 Å².